The van der Waals surface area contributed by atoms with Crippen LogP contribution in [0.25, 0.3) is 0 Å². The molecule has 2 fully saturated rings. The highest BCUT2D eigenvalue weighted by Gasteiger charge is 2.57. The second-order valence-electron chi connectivity index (χ2n) is 6.92. The Hall–Kier alpha value is -0.760. The zero-order chi connectivity index (χ0) is 16.3. The zero-order valence-corrected chi connectivity index (χ0v) is 17.4. The molecule has 6 heteroatoms. The average molecular weight is 446 g/mol. The molecule has 2 N–H and O–H groups in total. The molecular formula is C18H31IN4O. The first-order valence-corrected chi connectivity index (χ1v) is 8.88. The van der Waals surface area contributed by atoms with Crippen molar-refractivity contribution in [3.05, 3.63) is 24.0 Å². The van der Waals surface area contributed by atoms with E-state index in [-0.39, 0.29) is 24.0 Å². The normalized spacial score (nSPS) is 25.2. The van der Waals surface area contributed by atoms with Crippen molar-refractivity contribution in [2.24, 2.45) is 10.4 Å². The molecule has 0 aromatic carbocycles. The number of nitrogens with one attached hydrogen (secondary N) is 2. The summed E-state index contributed by atoms with van der Waals surface area (Å²) in [7, 11) is 3.96. The van der Waals surface area contributed by atoms with Crippen LogP contribution in [-0.4, -0.2) is 48.7 Å². The van der Waals surface area contributed by atoms with Gasteiger partial charge in [-0.2, -0.15) is 0 Å². The number of guanidine groups is 1. The van der Waals surface area contributed by atoms with Gasteiger partial charge in [0.2, 0.25) is 0 Å². The molecule has 2 saturated carbocycles. The van der Waals surface area contributed by atoms with Gasteiger partial charge in [-0.3, -0.25) is 4.99 Å². The van der Waals surface area contributed by atoms with Crippen molar-refractivity contribution in [3.8, 4) is 0 Å². The maximum atomic E-state index is 6.01. The average Bonchev–Trinajstić information content (AvgIpc) is 3.22. The van der Waals surface area contributed by atoms with Crippen LogP contribution >= 0.6 is 24.0 Å². The number of aromatic nitrogens is 1. The zero-order valence-electron chi connectivity index (χ0n) is 15.0. The topological polar surface area (TPSA) is 52.6 Å². The van der Waals surface area contributed by atoms with Gasteiger partial charge in [-0.15, -0.1) is 24.0 Å². The van der Waals surface area contributed by atoms with E-state index >= 15 is 0 Å². The van der Waals surface area contributed by atoms with Crippen molar-refractivity contribution in [3.63, 3.8) is 0 Å². The van der Waals surface area contributed by atoms with E-state index in [4.69, 9.17) is 4.74 Å². The second-order valence-corrected chi connectivity index (χ2v) is 6.92. The maximum Gasteiger partial charge on any atom is 0.193 e. The van der Waals surface area contributed by atoms with E-state index in [2.05, 4.69) is 40.2 Å². The molecule has 1 aromatic heterocycles. The predicted octanol–water partition coefficient (Wildman–Crippen LogP) is 3.38. The largest absolute Gasteiger partial charge is 0.378 e. The molecule has 2 aliphatic carbocycles. The standard InChI is InChI=1S/C18H30N4O.HI/c1-4-23-16-12-15(18(16)9-5-6-10-18)21-17(19-2)22(3)13-14-8-7-11-20-14;/h7-8,11,15-16,20H,4-6,9-10,12-13H2,1-3H3,(H,19,21);1H. The molecule has 136 valence electrons. The van der Waals surface area contributed by atoms with Crippen LogP contribution in [0.2, 0.25) is 0 Å². The summed E-state index contributed by atoms with van der Waals surface area (Å²) in [4.78, 5) is 9.93. The van der Waals surface area contributed by atoms with Gasteiger partial charge in [-0.05, 0) is 38.3 Å². The lowest BCUT2D eigenvalue weighted by Gasteiger charge is -2.54. The first-order valence-electron chi connectivity index (χ1n) is 8.88. The van der Waals surface area contributed by atoms with E-state index in [1.807, 2.05) is 19.3 Å². The van der Waals surface area contributed by atoms with Crippen LogP contribution < -0.4 is 5.32 Å². The van der Waals surface area contributed by atoms with E-state index in [0.29, 0.717) is 17.6 Å². The van der Waals surface area contributed by atoms with E-state index in [1.165, 1.54) is 31.4 Å². The lowest BCUT2D eigenvalue weighted by Crippen LogP contribution is -2.65. The molecule has 24 heavy (non-hydrogen) atoms. The third kappa shape index (κ3) is 3.74. The van der Waals surface area contributed by atoms with Gasteiger partial charge in [0.15, 0.2) is 5.96 Å². The van der Waals surface area contributed by atoms with Gasteiger partial charge >= 0.3 is 0 Å². The van der Waals surface area contributed by atoms with Crippen LogP contribution in [0.1, 0.15) is 44.7 Å². The fourth-order valence-electron chi connectivity index (χ4n) is 4.39. The minimum atomic E-state index is 0. The van der Waals surface area contributed by atoms with Gasteiger partial charge in [0.25, 0.3) is 0 Å². The van der Waals surface area contributed by atoms with Crippen LogP contribution in [0.15, 0.2) is 23.3 Å². The van der Waals surface area contributed by atoms with Crippen molar-refractivity contribution < 1.29 is 4.74 Å². The van der Waals surface area contributed by atoms with Gasteiger partial charge in [-0.1, -0.05) is 12.8 Å². The minimum absolute atomic E-state index is 0. The Morgan fingerprint density at radius 1 is 1.46 bits per heavy atom. The van der Waals surface area contributed by atoms with E-state index in [1.54, 1.807) is 0 Å². The fraction of sp³-hybridized carbons (Fsp3) is 0.722. The Balaban J connectivity index is 0.00000208. The number of nitrogens with zero attached hydrogens (tertiary/aromatic N) is 2. The first kappa shape index (κ1) is 19.6. The summed E-state index contributed by atoms with van der Waals surface area (Å²) >= 11 is 0. The van der Waals surface area contributed by atoms with E-state index in [0.717, 1.165) is 25.5 Å². The third-order valence-corrected chi connectivity index (χ3v) is 5.63. The second kappa shape index (κ2) is 8.56. The van der Waals surface area contributed by atoms with Crippen molar-refractivity contribution in [1.82, 2.24) is 15.2 Å². The maximum absolute atomic E-state index is 6.01. The Bertz CT molecular complexity index is 525. The summed E-state index contributed by atoms with van der Waals surface area (Å²) in [5.74, 6) is 0.978. The summed E-state index contributed by atoms with van der Waals surface area (Å²) in [6.07, 6.45) is 8.73. The van der Waals surface area contributed by atoms with Crippen molar-refractivity contribution in [1.29, 1.82) is 0 Å². The molecule has 0 radical (unpaired) electrons. The number of H-pyrrole nitrogens is 1. The Labute approximate surface area is 162 Å². The van der Waals surface area contributed by atoms with Gasteiger partial charge in [0.1, 0.15) is 0 Å². The molecule has 5 nitrogen and oxygen atoms in total. The highest BCUT2D eigenvalue weighted by atomic mass is 127. The Morgan fingerprint density at radius 2 is 2.21 bits per heavy atom. The van der Waals surface area contributed by atoms with Gasteiger partial charge in [-0.25, -0.2) is 0 Å². The number of halogens is 1. The van der Waals surface area contributed by atoms with E-state index < -0.39 is 0 Å². The number of aromatic amines is 1. The molecule has 2 atom stereocenters. The molecule has 1 spiro atoms. The molecule has 1 aromatic rings. The van der Waals surface area contributed by atoms with Crippen LogP contribution in [0, 0.1) is 5.41 Å². The predicted molar refractivity (Wildman–Crippen MR) is 109 cm³/mol. The molecule has 0 bridgehead atoms. The summed E-state index contributed by atoms with van der Waals surface area (Å²) in [5, 5.41) is 3.72. The molecule has 0 amide bonds. The fourth-order valence-corrected chi connectivity index (χ4v) is 4.39. The van der Waals surface area contributed by atoms with Gasteiger partial charge in [0.05, 0.1) is 12.6 Å². The number of hydrogen-bond acceptors (Lipinski definition) is 2. The number of ether oxygens (including phenoxy) is 1. The third-order valence-electron chi connectivity index (χ3n) is 5.63. The quantitative estimate of drug-likeness (QED) is 0.414. The van der Waals surface area contributed by atoms with Crippen LogP contribution in [0.4, 0.5) is 0 Å². The van der Waals surface area contributed by atoms with Crippen LogP contribution in [0.3, 0.4) is 0 Å². The number of aliphatic imine (C=N–C) groups is 1. The van der Waals surface area contributed by atoms with Crippen molar-refractivity contribution >= 4 is 29.9 Å². The number of hydrogen-bond donors (Lipinski definition) is 2. The van der Waals surface area contributed by atoms with E-state index in [9.17, 15) is 0 Å². The van der Waals surface area contributed by atoms with Crippen LogP contribution in [-0.2, 0) is 11.3 Å². The monoisotopic (exact) mass is 446 g/mol. The molecule has 3 rings (SSSR count). The van der Waals surface area contributed by atoms with Crippen LogP contribution in [0.5, 0.6) is 0 Å². The minimum Gasteiger partial charge on any atom is -0.378 e. The molecule has 2 aliphatic rings. The Morgan fingerprint density at radius 3 is 2.79 bits per heavy atom. The molecule has 1 heterocycles. The smallest absolute Gasteiger partial charge is 0.193 e. The lowest BCUT2D eigenvalue weighted by atomic mass is 9.60. The summed E-state index contributed by atoms with van der Waals surface area (Å²) in [6.45, 7) is 3.76. The lowest BCUT2D eigenvalue weighted by molar-refractivity contribution is -0.126. The molecule has 0 saturated heterocycles. The first-order chi connectivity index (χ1) is 11.2. The van der Waals surface area contributed by atoms with Gasteiger partial charge in [0, 0.05) is 44.0 Å². The number of rotatable bonds is 5. The summed E-state index contributed by atoms with van der Waals surface area (Å²) < 4.78 is 6.01. The molecule has 0 aliphatic heterocycles. The van der Waals surface area contributed by atoms with Gasteiger partial charge < -0.3 is 19.9 Å². The SMILES string of the molecule is CCOC1CC(NC(=NC)N(C)Cc2ccc[nH]2)C12CCCC2.I. The van der Waals surface area contributed by atoms with Crippen molar-refractivity contribution in [2.75, 3.05) is 20.7 Å². The highest BCUT2D eigenvalue weighted by Crippen LogP contribution is 2.54. The molecular weight excluding hydrogens is 415 g/mol. The molecule has 2 unspecified atom stereocenters. The van der Waals surface area contributed by atoms with Crippen molar-refractivity contribution in [2.45, 2.75) is 57.7 Å². The summed E-state index contributed by atoms with van der Waals surface area (Å²) in [6, 6.07) is 4.63. The highest BCUT2D eigenvalue weighted by molar-refractivity contribution is 14.0. The Kier molecular flexibility index (Phi) is 6.98. The summed E-state index contributed by atoms with van der Waals surface area (Å²) in [5.41, 5.74) is 1.53.